The van der Waals surface area contributed by atoms with Gasteiger partial charge in [-0.3, -0.25) is 4.79 Å². The first-order chi connectivity index (χ1) is 11.7. The molecule has 1 fully saturated rings. The molecule has 1 aliphatic heterocycles. The van der Waals surface area contributed by atoms with E-state index >= 15 is 0 Å². The van der Waals surface area contributed by atoms with Crippen LogP contribution in [0.1, 0.15) is 18.4 Å². The van der Waals surface area contributed by atoms with Crippen LogP contribution < -0.4 is 4.74 Å². The summed E-state index contributed by atoms with van der Waals surface area (Å²) in [7, 11) is 0. The molecule has 0 bridgehead atoms. The van der Waals surface area contributed by atoms with Crippen LogP contribution in [0, 0.1) is 5.82 Å². The number of benzene rings is 1. The first kappa shape index (κ1) is 16.1. The molecule has 2 aromatic rings. The highest BCUT2D eigenvalue weighted by Crippen LogP contribution is 2.16. The molecule has 24 heavy (non-hydrogen) atoms. The number of hydrogen-bond acceptors (Lipinski definition) is 4. The average Bonchev–Trinajstić information content (AvgIpc) is 2.63. The highest BCUT2D eigenvalue weighted by molar-refractivity contribution is 5.91. The molecular weight excluding hydrogens is 309 g/mol. The van der Waals surface area contributed by atoms with Gasteiger partial charge in [0.1, 0.15) is 6.10 Å². The van der Waals surface area contributed by atoms with Crippen molar-refractivity contribution in [2.75, 3.05) is 13.1 Å². The molecular formula is C18H18FN3O2. The van der Waals surface area contributed by atoms with Crippen LogP contribution in [0.3, 0.4) is 0 Å². The predicted molar refractivity (Wildman–Crippen MR) is 87.7 cm³/mol. The summed E-state index contributed by atoms with van der Waals surface area (Å²) in [6, 6.07) is 9.81. The van der Waals surface area contributed by atoms with Crippen LogP contribution in [0.2, 0.25) is 0 Å². The molecule has 2 heterocycles. The van der Waals surface area contributed by atoms with E-state index in [2.05, 4.69) is 9.97 Å². The van der Waals surface area contributed by atoms with Gasteiger partial charge in [0.15, 0.2) is 5.82 Å². The topological polar surface area (TPSA) is 55.3 Å². The Kier molecular flexibility index (Phi) is 5.15. The number of carbonyl (C=O) groups excluding carboxylic acids is 1. The molecule has 124 valence electrons. The molecule has 1 atom stereocenters. The minimum absolute atomic E-state index is 0.0489. The first-order valence-corrected chi connectivity index (χ1v) is 7.87. The van der Waals surface area contributed by atoms with Crippen molar-refractivity contribution in [3.63, 3.8) is 0 Å². The second kappa shape index (κ2) is 7.68. The van der Waals surface area contributed by atoms with Crippen molar-refractivity contribution in [1.82, 2.24) is 14.9 Å². The van der Waals surface area contributed by atoms with Gasteiger partial charge in [0.25, 0.3) is 0 Å². The number of rotatable bonds is 4. The lowest BCUT2D eigenvalue weighted by Crippen LogP contribution is -2.43. The lowest BCUT2D eigenvalue weighted by molar-refractivity contribution is -0.128. The monoisotopic (exact) mass is 327 g/mol. The first-order valence-electron chi connectivity index (χ1n) is 7.87. The number of amides is 1. The number of carbonyl (C=O) groups is 1. The Hall–Kier alpha value is -2.76. The van der Waals surface area contributed by atoms with Gasteiger partial charge in [0.2, 0.25) is 5.91 Å². The smallest absolute Gasteiger partial charge is 0.316 e. The van der Waals surface area contributed by atoms with Gasteiger partial charge in [-0.25, -0.2) is 14.4 Å². The van der Waals surface area contributed by atoms with Gasteiger partial charge in [-0.05, 0) is 24.5 Å². The van der Waals surface area contributed by atoms with Crippen LogP contribution in [0.15, 0.2) is 48.8 Å². The number of likely N-dealkylation sites (tertiary alicyclic amines) is 1. The second-order valence-corrected chi connectivity index (χ2v) is 5.59. The highest BCUT2D eigenvalue weighted by atomic mass is 19.1. The van der Waals surface area contributed by atoms with E-state index in [9.17, 15) is 9.18 Å². The number of halogens is 1. The summed E-state index contributed by atoms with van der Waals surface area (Å²) >= 11 is 0. The van der Waals surface area contributed by atoms with Crippen molar-refractivity contribution < 1.29 is 13.9 Å². The molecule has 1 aromatic carbocycles. The number of piperidine rings is 1. The highest BCUT2D eigenvalue weighted by Gasteiger charge is 2.24. The minimum atomic E-state index is -0.506. The summed E-state index contributed by atoms with van der Waals surface area (Å²) in [6.45, 7) is 1.17. The van der Waals surface area contributed by atoms with Gasteiger partial charge in [-0.2, -0.15) is 0 Å². The molecule has 5 nitrogen and oxygen atoms in total. The Morgan fingerprint density at radius 1 is 1.25 bits per heavy atom. The Labute approximate surface area is 139 Å². The van der Waals surface area contributed by atoms with Gasteiger partial charge >= 0.3 is 6.01 Å². The van der Waals surface area contributed by atoms with Crippen molar-refractivity contribution >= 4 is 12.0 Å². The van der Waals surface area contributed by atoms with E-state index < -0.39 is 5.82 Å². The summed E-state index contributed by atoms with van der Waals surface area (Å²) in [6.07, 6.45) is 6.98. The normalized spacial score (nSPS) is 17.9. The van der Waals surface area contributed by atoms with E-state index in [1.165, 1.54) is 0 Å². The zero-order chi connectivity index (χ0) is 16.8. The van der Waals surface area contributed by atoms with Crippen LogP contribution >= 0.6 is 0 Å². The van der Waals surface area contributed by atoms with Crippen molar-refractivity contribution in [3.05, 3.63) is 60.2 Å². The Morgan fingerprint density at radius 3 is 2.75 bits per heavy atom. The molecule has 0 N–H and O–H groups in total. The third-order valence-electron chi connectivity index (χ3n) is 3.78. The fraction of sp³-hybridized carbons (Fsp3) is 0.278. The van der Waals surface area contributed by atoms with Gasteiger partial charge < -0.3 is 9.64 Å². The van der Waals surface area contributed by atoms with Crippen LogP contribution in [0.25, 0.3) is 6.08 Å². The quantitative estimate of drug-likeness (QED) is 0.810. The third kappa shape index (κ3) is 4.38. The van der Waals surface area contributed by atoms with Crippen molar-refractivity contribution in [3.8, 4) is 6.01 Å². The standard InChI is InChI=1S/C18H18FN3O2/c19-15-11-20-18(21-12-15)24-16-7-4-10-22(13-16)17(23)9-8-14-5-2-1-3-6-14/h1-3,5-6,8-9,11-12,16H,4,7,10,13H2/b9-8+. The van der Waals surface area contributed by atoms with E-state index in [-0.39, 0.29) is 18.0 Å². The fourth-order valence-electron chi connectivity index (χ4n) is 2.58. The summed E-state index contributed by atoms with van der Waals surface area (Å²) in [4.78, 5) is 21.6. The molecule has 1 aromatic heterocycles. The van der Waals surface area contributed by atoms with E-state index in [0.717, 1.165) is 30.8 Å². The largest absolute Gasteiger partial charge is 0.458 e. The number of aromatic nitrogens is 2. The van der Waals surface area contributed by atoms with Crippen molar-refractivity contribution in [2.24, 2.45) is 0 Å². The molecule has 0 aliphatic carbocycles. The molecule has 1 aliphatic rings. The van der Waals surface area contributed by atoms with Crippen LogP contribution in [-0.4, -0.2) is 40.0 Å². The number of nitrogens with zero attached hydrogens (tertiary/aromatic N) is 3. The predicted octanol–water partition coefficient (Wildman–Crippen LogP) is 2.70. The summed E-state index contributed by atoms with van der Waals surface area (Å²) < 4.78 is 18.5. The molecule has 3 rings (SSSR count). The molecule has 6 heteroatoms. The second-order valence-electron chi connectivity index (χ2n) is 5.59. The van der Waals surface area contributed by atoms with E-state index in [0.29, 0.717) is 13.1 Å². The molecule has 1 amide bonds. The molecule has 0 radical (unpaired) electrons. The van der Waals surface area contributed by atoms with Gasteiger partial charge in [0.05, 0.1) is 18.9 Å². The van der Waals surface area contributed by atoms with Crippen LogP contribution in [0.5, 0.6) is 6.01 Å². The summed E-state index contributed by atoms with van der Waals surface area (Å²) in [5.74, 6) is -0.555. The van der Waals surface area contributed by atoms with E-state index in [4.69, 9.17) is 4.74 Å². The lowest BCUT2D eigenvalue weighted by Gasteiger charge is -2.31. The molecule has 1 unspecified atom stereocenters. The van der Waals surface area contributed by atoms with Crippen molar-refractivity contribution in [2.45, 2.75) is 18.9 Å². The van der Waals surface area contributed by atoms with Crippen LogP contribution in [-0.2, 0) is 4.79 Å². The molecule has 0 spiro atoms. The fourth-order valence-corrected chi connectivity index (χ4v) is 2.58. The Bertz CT molecular complexity index is 704. The van der Waals surface area contributed by atoms with Gasteiger partial charge in [0, 0.05) is 12.6 Å². The zero-order valence-corrected chi connectivity index (χ0v) is 13.1. The maximum Gasteiger partial charge on any atom is 0.316 e. The average molecular weight is 327 g/mol. The maximum atomic E-state index is 12.8. The minimum Gasteiger partial charge on any atom is -0.458 e. The summed E-state index contributed by atoms with van der Waals surface area (Å²) in [5.41, 5.74) is 0.982. The SMILES string of the molecule is O=C(/C=C/c1ccccc1)N1CCCC(Oc2ncc(F)cn2)C1. The van der Waals surface area contributed by atoms with Gasteiger partial charge in [-0.1, -0.05) is 30.3 Å². The van der Waals surface area contributed by atoms with E-state index in [1.807, 2.05) is 30.3 Å². The maximum absolute atomic E-state index is 12.8. The Morgan fingerprint density at radius 2 is 2.00 bits per heavy atom. The molecule has 1 saturated heterocycles. The number of hydrogen-bond donors (Lipinski definition) is 0. The number of ether oxygens (including phenoxy) is 1. The third-order valence-corrected chi connectivity index (χ3v) is 3.78. The lowest BCUT2D eigenvalue weighted by atomic mass is 10.1. The van der Waals surface area contributed by atoms with Crippen LogP contribution in [0.4, 0.5) is 4.39 Å². The summed E-state index contributed by atoms with van der Waals surface area (Å²) in [5, 5.41) is 0. The van der Waals surface area contributed by atoms with Gasteiger partial charge in [-0.15, -0.1) is 0 Å². The Balaban J connectivity index is 1.57. The zero-order valence-electron chi connectivity index (χ0n) is 13.1. The molecule has 0 saturated carbocycles. The van der Waals surface area contributed by atoms with Crippen molar-refractivity contribution in [1.29, 1.82) is 0 Å². The van der Waals surface area contributed by atoms with E-state index in [1.54, 1.807) is 17.1 Å².